The predicted octanol–water partition coefficient (Wildman–Crippen LogP) is 3.59. The summed E-state index contributed by atoms with van der Waals surface area (Å²) in [5.41, 5.74) is 0.962. The predicted molar refractivity (Wildman–Crippen MR) is 142 cm³/mol. The number of esters is 1. The van der Waals surface area contributed by atoms with E-state index in [0.717, 1.165) is 16.9 Å². The molecule has 38 heavy (non-hydrogen) atoms. The van der Waals surface area contributed by atoms with Crippen LogP contribution in [-0.4, -0.2) is 54.7 Å². The lowest BCUT2D eigenvalue weighted by molar-refractivity contribution is -0.145. The highest BCUT2D eigenvalue weighted by atomic mass is 16.6. The summed E-state index contributed by atoms with van der Waals surface area (Å²) in [5, 5.41) is 7.87. The van der Waals surface area contributed by atoms with Crippen molar-refractivity contribution < 1.29 is 33.1 Å². The fourth-order valence-corrected chi connectivity index (χ4v) is 3.64. The summed E-state index contributed by atoms with van der Waals surface area (Å²) in [6.07, 6.45) is 1.36. The summed E-state index contributed by atoms with van der Waals surface area (Å²) in [6.45, 7) is 10.5. The van der Waals surface area contributed by atoms with Crippen LogP contribution >= 0.6 is 0 Å². The van der Waals surface area contributed by atoms with Crippen molar-refractivity contribution in [3.63, 3.8) is 0 Å². The number of alkyl carbamates (subject to hydrolysis) is 1. The minimum atomic E-state index is -0.967. The molecule has 0 bridgehead atoms. The number of ether oxygens (including phenoxy) is 2. The Hall–Kier alpha value is -3.82. The molecule has 0 aliphatic rings. The Morgan fingerprint density at radius 3 is 2.05 bits per heavy atom. The van der Waals surface area contributed by atoms with Crippen LogP contribution in [0.2, 0.25) is 0 Å². The van der Waals surface area contributed by atoms with Crippen molar-refractivity contribution in [2.45, 2.75) is 78.1 Å². The second kappa shape index (κ2) is 13.6. The van der Waals surface area contributed by atoms with Gasteiger partial charge >= 0.3 is 12.1 Å². The van der Waals surface area contributed by atoms with Gasteiger partial charge in [0.1, 0.15) is 29.5 Å². The van der Waals surface area contributed by atoms with Crippen molar-refractivity contribution in [2.24, 2.45) is 5.92 Å². The molecule has 0 unspecified atom stereocenters. The normalized spacial score (nSPS) is 13.7. The van der Waals surface area contributed by atoms with Crippen molar-refractivity contribution >= 4 is 23.9 Å². The lowest BCUT2D eigenvalue weighted by Crippen LogP contribution is -2.56. The van der Waals surface area contributed by atoms with Crippen LogP contribution < -0.4 is 16.0 Å². The lowest BCUT2D eigenvalue weighted by Gasteiger charge is -2.25. The van der Waals surface area contributed by atoms with Crippen molar-refractivity contribution in [3.05, 3.63) is 48.2 Å². The van der Waals surface area contributed by atoms with E-state index in [1.807, 2.05) is 44.2 Å². The molecule has 10 nitrogen and oxygen atoms in total. The van der Waals surface area contributed by atoms with Crippen LogP contribution in [0.25, 0.3) is 11.3 Å². The summed E-state index contributed by atoms with van der Waals surface area (Å²) in [6, 6.07) is 8.22. The van der Waals surface area contributed by atoms with Crippen LogP contribution in [-0.2, 0) is 30.3 Å². The monoisotopic (exact) mass is 529 g/mol. The van der Waals surface area contributed by atoms with Gasteiger partial charge in [0.05, 0.1) is 13.4 Å². The summed E-state index contributed by atoms with van der Waals surface area (Å²) >= 11 is 0. The van der Waals surface area contributed by atoms with Crippen molar-refractivity contribution in [1.82, 2.24) is 16.0 Å². The smallest absolute Gasteiger partial charge is 0.408 e. The standard InChI is InChI=1S/C28H39N3O7/c1-17(2)15-21(30-24(32)18(3)29-27(35)38-28(4,5)6)25(33)31-22(26(34)36-7)16-19-10-12-20(13-11-19)23-9-8-14-37-23/h8-14,17-18,21-22H,15-16H2,1-7H3,(H,29,35)(H,30,32)(H,31,33)/t18-,21-,22-/m0/s1. The molecule has 0 saturated heterocycles. The molecule has 208 valence electrons. The number of amides is 3. The average Bonchev–Trinajstić information content (AvgIpc) is 3.36. The zero-order chi connectivity index (χ0) is 28.5. The van der Waals surface area contributed by atoms with Gasteiger partial charge in [-0.2, -0.15) is 0 Å². The van der Waals surface area contributed by atoms with E-state index in [4.69, 9.17) is 13.9 Å². The highest BCUT2D eigenvalue weighted by molar-refractivity contribution is 5.93. The summed E-state index contributed by atoms with van der Waals surface area (Å²) in [5.74, 6) is -0.912. The minimum absolute atomic E-state index is 0.0610. The van der Waals surface area contributed by atoms with E-state index >= 15 is 0 Å². The summed E-state index contributed by atoms with van der Waals surface area (Å²) in [4.78, 5) is 50.5. The topological polar surface area (TPSA) is 136 Å². The van der Waals surface area contributed by atoms with Gasteiger partial charge in [0.2, 0.25) is 11.8 Å². The molecule has 0 radical (unpaired) electrons. The zero-order valence-electron chi connectivity index (χ0n) is 23.1. The molecule has 3 N–H and O–H groups in total. The Morgan fingerprint density at radius 2 is 1.53 bits per heavy atom. The maximum absolute atomic E-state index is 13.2. The first-order valence-corrected chi connectivity index (χ1v) is 12.6. The van der Waals surface area contributed by atoms with Gasteiger partial charge in [-0.1, -0.05) is 38.1 Å². The first kappa shape index (κ1) is 30.4. The van der Waals surface area contributed by atoms with E-state index < -0.39 is 47.6 Å². The van der Waals surface area contributed by atoms with E-state index in [9.17, 15) is 19.2 Å². The maximum atomic E-state index is 13.2. The molecule has 1 heterocycles. The molecule has 0 spiro atoms. The highest BCUT2D eigenvalue weighted by Crippen LogP contribution is 2.20. The Kier molecular flexibility index (Phi) is 10.9. The van der Waals surface area contributed by atoms with Crippen LogP contribution in [0.1, 0.15) is 53.5 Å². The van der Waals surface area contributed by atoms with Crippen molar-refractivity contribution in [3.8, 4) is 11.3 Å². The second-order valence-corrected chi connectivity index (χ2v) is 10.5. The number of hydrogen-bond acceptors (Lipinski definition) is 7. The molecule has 0 saturated carbocycles. The Labute approximate surface area is 223 Å². The molecule has 0 fully saturated rings. The summed E-state index contributed by atoms with van der Waals surface area (Å²) in [7, 11) is 1.25. The van der Waals surface area contributed by atoms with Gasteiger partial charge in [-0.3, -0.25) is 9.59 Å². The molecule has 3 amide bonds. The van der Waals surface area contributed by atoms with E-state index in [-0.39, 0.29) is 12.3 Å². The Bertz CT molecular complexity index is 1070. The first-order chi connectivity index (χ1) is 17.8. The summed E-state index contributed by atoms with van der Waals surface area (Å²) < 4.78 is 15.5. The number of furan rings is 1. The SMILES string of the molecule is COC(=O)[C@H](Cc1ccc(-c2ccco2)cc1)NC(=O)[C@H](CC(C)C)NC(=O)[C@H](C)NC(=O)OC(C)(C)C. The quantitative estimate of drug-likeness (QED) is 0.379. The van der Waals surface area contributed by atoms with E-state index in [0.29, 0.717) is 6.42 Å². The third-order valence-corrected chi connectivity index (χ3v) is 5.47. The molecule has 3 atom stereocenters. The van der Waals surface area contributed by atoms with Crippen LogP contribution in [0, 0.1) is 5.92 Å². The van der Waals surface area contributed by atoms with Crippen LogP contribution in [0.5, 0.6) is 0 Å². The number of methoxy groups -OCH3 is 1. The first-order valence-electron chi connectivity index (χ1n) is 12.6. The second-order valence-electron chi connectivity index (χ2n) is 10.5. The van der Waals surface area contributed by atoms with E-state index in [2.05, 4.69) is 16.0 Å². The van der Waals surface area contributed by atoms with Crippen molar-refractivity contribution in [2.75, 3.05) is 7.11 Å². The molecule has 0 aliphatic carbocycles. The molecule has 2 aromatic rings. The van der Waals surface area contributed by atoms with E-state index in [1.165, 1.54) is 14.0 Å². The van der Waals surface area contributed by atoms with E-state index in [1.54, 1.807) is 33.1 Å². The third kappa shape index (κ3) is 9.91. The molecule has 0 aliphatic heterocycles. The molecule has 2 rings (SSSR count). The number of benzene rings is 1. The van der Waals surface area contributed by atoms with Crippen LogP contribution in [0.15, 0.2) is 47.1 Å². The minimum Gasteiger partial charge on any atom is -0.467 e. The third-order valence-electron chi connectivity index (χ3n) is 5.47. The van der Waals surface area contributed by atoms with Gasteiger partial charge < -0.3 is 29.8 Å². The zero-order valence-corrected chi connectivity index (χ0v) is 23.1. The largest absolute Gasteiger partial charge is 0.467 e. The molecule has 1 aromatic heterocycles. The maximum Gasteiger partial charge on any atom is 0.408 e. The molecular formula is C28H39N3O7. The Morgan fingerprint density at radius 1 is 0.895 bits per heavy atom. The van der Waals surface area contributed by atoms with Crippen LogP contribution in [0.3, 0.4) is 0 Å². The number of carbonyl (C=O) groups excluding carboxylic acids is 4. The number of carbonyl (C=O) groups is 4. The van der Waals surface area contributed by atoms with Gasteiger partial charge in [0.15, 0.2) is 0 Å². The molecular weight excluding hydrogens is 490 g/mol. The van der Waals surface area contributed by atoms with Gasteiger partial charge in [-0.15, -0.1) is 0 Å². The fourth-order valence-electron chi connectivity index (χ4n) is 3.64. The number of rotatable bonds is 11. The number of hydrogen-bond donors (Lipinski definition) is 3. The van der Waals surface area contributed by atoms with Crippen LogP contribution in [0.4, 0.5) is 4.79 Å². The number of nitrogens with one attached hydrogen (secondary N) is 3. The Balaban J connectivity index is 2.09. The van der Waals surface area contributed by atoms with Gasteiger partial charge in [0.25, 0.3) is 0 Å². The highest BCUT2D eigenvalue weighted by Gasteiger charge is 2.30. The molecule has 10 heteroatoms. The van der Waals surface area contributed by atoms with Gasteiger partial charge in [-0.05, 0) is 57.7 Å². The molecule has 1 aromatic carbocycles. The average molecular weight is 530 g/mol. The van der Waals surface area contributed by atoms with Gasteiger partial charge in [0, 0.05) is 12.0 Å². The van der Waals surface area contributed by atoms with Gasteiger partial charge in [-0.25, -0.2) is 9.59 Å². The van der Waals surface area contributed by atoms with Crippen molar-refractivity contribution in [1.29, 1.82) is 0 Å². The lowest BCUT2D eigenvalue weighted by atomic mass is 10.0. The fraction of sp³-hybridized carbons (Fsp3) is 0.500.